The third-order valence-electron chi connectivity index (χ3n) is 3.76. The molecule has 0 saturated heterocycles. The maximum Gasteiger partial charge on any atom is 0.250 e. The van der Waals surface area contributed by atoms with Crippen LogP contribution in [0.4, 0.5) is 0 Å². The van der Waals surface area contributed by atoms with Gasteiger partial charge in [-0.3, -0.25) is 14.6 Å². The van der Waals surface area contributed by atoms with E-state index in [1.54, 1.807) is 35.2 Å². The van der Waals surface area contributed by atoms with Gasteiger partial charge in [-0.05, 0) is 35.2 Å². The second-order valence-corrected chi connectivity index (χ2v) is 5.61. The number of aromatic nitrogens is 2. The molecule has 0 aliphatic heterocycles. The summed E-state index contributed by atoms with van der Waals surface area (Å²) < 4.78 is 1.66. The van der Waals surface area contributed by atoms with E-state index in [9.17, 15) is 9.59 Å². The van der Waals surface area contributed by atoms with E-state index in [0.717, 1.165) is 16.7 Å². The van der Waals surface area contributed by atoms with Crippen LogP contribution in [0.25, 0.3) is 0 Å². The van der Waals surface area contributed by atoms with E-state index in [1.807, 2.05) is 44.2 Å². The zero-order valence-electron chi connectivity index (χ0n) is 15.1. The summed E-state index contributed by atoms with van der Waals surface area (Å²) in [5.74, 6) is -0.479. The average Bonchev–Trinajstić information content (AvgIpc) is 2.67. The first-order valence-electron chi connectivity index (χ1n) is 8.59. The van der Waals surface area contributed by atoms with Gasteiger partial charge in [-0.25, -0.2) is 0 Å². The van der Waals surface area contributed by atoms with Crippen LogP contribution in [-0.2, 0) is 13.0 Å². The standard InChI is InChI=1S/C19H17N3O2.C2H6.CH4/c20-19(24)17-10-16(11-21-12-17)9-14-4-6-15(7-5-14)13-22-8-2-1-3-18(22)23;1-2;/h1-8,10-12H,9,13H2,(H2,20,24);1-2H3;1H4. The van der Waals surface area contributed by atoms with E-state index in [0.29, 0.717) is 18.5 Å². The molecule has 0 spiro atoms. The van der Waals surface area contributed by atoms with Crippen molar-refractivity contribution >= 4 is 5.91 Å². The van der Waals surface area contributed by atoms with Crippen LogP contribution >= 0.6 is 0 Å². The Morgan fingerprint density at radius 2 is 1.67 bits per heavy atom. The molecule has 27 heavy (non-hydrogen) atoms. The van der Waals surface area contributed by atoms with E-state index in [-0.39, 0.29) is 13.0 Å². The van der Waals surface area contributed by atoms with Crippen LogP contribution in [0.1, 0.15) is 48.3 Å². The van der Waals surface area contributed by atoms with E-state index in [1.165, 1.54) is 6.20 Å². The highest BCUT2D eigenvalue weighted by atomic mass is 16.1. The van der Waals surface area contributed by atoms with Gasteiger partial charge in [-0.15, -0.1) is 0 Å². The summed E-state index contributed by atoms with van der Waals surface area (Å²) in [4.78, 5) is 27.0. The molecular formula is C22H27N3O2. The molecule has 1 amide bonds. The van der Waals surface area contributed by atoms with Crippen LogP contribution < -0.4 is 11.3 Å². The topological polar surface area (TPSA) is 78.0 Å². The molecule has 3 rings (SSSR count). The molecule has 2 aromatic heterocycles. The first kappa shape index (κ1) is 21.8. The second kappa shape index (κ2) is 10.7. The number of nitrogens with zero attached hydrogens (tertiary/aromatic N) is 2. The number of hydrogen-bond acceptors (Lipinski definition) is 3. The van der Waals surface area contributed by atoms with Crippen molar-refractivity contribution in [1.29, 1.82) is 0 Å². The fraction of sp³-hybridized carbons (Fsp3) is 0.227. The normalized spacial score (nSPS) is 9.56. The Hall–Kier alpha value is -3.21. The Morgan fingerprint density at radius 3 is 2.30 bits per heavy atom. The van der Waals surface area contributed by atoms with Gasteiger partial charge in [-0.2, -0.15) is 0 Å². The lowest BCUT2D eigenvalue weighted by Crippen LogP contribution is -2.18. The molecule has 1 aromatic carbocycles. The monoisotopic (exact) mass is 365 g/mol. The number of pyridine rings is 2. The fourth-order valence-electron chi connectivity index (χ4n) is 2.51. The van der Waals surface area contributed by atoms with Crippen molar-refractivity contribution < 1.29 is 4.79 Å². The largest absolute Gasteiger partial charge is 0.366 e. The maximum atomic E-state index is 11.7. The highest BCUT2D eigenvalue weighted by molar-refractivity contribution is 5.92. The van der Waals surface area contributed by atoms with Crippen molar-refractivity contribution in [2.75, 3.05) is 0 Å². The molecule has 0 radical (unpaired) electrons. The van der Waals surface area contributed by atoms with Gasteiger partial charge in [0, 0.05) is 24.7 Å². The number of primary amides is 1. The Bertz CT molecular complexity index is 915. The first-order valence-corrected chi connectivity index (χ1v) is 8.59. The highest BCUT2D eigenvalue weighted by Gasteiger charge is 2.04. The molecular weight excluding hydrogens is 338 g/mol. The average molecular weight is 365 g/mol. The molecule has 142 valence electrons. The number of rotatable bonds is 5. The zero-order chi connectivity index (χ0) is 18.9. The number of carbonyl (C=O) groups is 1. The lowest BCUT2D eigenvalue weighted by atomic mass is 10.0. The van der Waals surface area contributed by atoms with Gasteiger partial charge in [0.2, 0.25) is 5.91 Å². The minimum atomic E-state index is -0.479. The number of nitrogens with two attached hydrogens (primary N) is 1. The van der Waals surface area contributed by atoms with Crippen molar-refractivity contribution in [3.63, 3.8) is 0 Å². The Morgan fingerprint density at radius 1 is 1.00 bits per heavy atom. The summed E-state index contributed by atoms with van der Waals surface area (Å²) in [6.45, 7) is 4.54. The van der Waals surface area contributed by atoms with Gasteiger partial charge in [0.15, 0.2) is 0 Å². The van der Waals surface area contributed by atoms with Gasteiger partial charge in [0.1, 0.15) is 0 Å². The molecule has 2 N–H and O–H groups in total. The van der Waals surface area contributed by atoms with Gasteiger partial charge in [0.05, 0.1) is 12.1 Å². The molecule has 0 fully saturated rings. The summed E-state index contributed by atoms with van der Waals surface area (Å²) in [5, 5.41) is 0. The number of hydrogen-bond donors (Lipinski definition) is 1. The smallest absolute Gasteiger partial charge is 0.250 e. The molecule has 0 saturated carbocycles. The molecule has 2 heterocycles. The Balaban J connectivity index is 0.00000118. The summed E-state index contributed by atoms with van der Waals surface area (Å²) in [6, 6.07) is 14.9. The third kappa shape index (κ3) is 6.22. The lowest BCUT2D eigenvalue weighted by molar-refractivity contribution is 0.1000. The van der Waals surface area contributed by atoms with Crippen LogP contribution in [-0.4, -0.2) is 15.5 Å². The molecule has 0 unspecified atom stereocenters. The van der Waals surface area contributed by atoms with Crippen molar-refractivity contribution in [2.45, 2.75) is 34.2 Å². The predicted molar refractivity (Wildman–Crippen MR) is 110 cm³/mol. The minimum Gasteiger partial charge on any atom is -0.366 e. The minimum absolute atomic E-state index is 0. The van der Waals surface area contributed by atoms with Gasteiger partial charge < -0.3 is 10.3 Å². The Kier molecular flexibility index (Phi) is 8.66. The van der Waals surface area contributed by atoms with Crippen molar-refractivity contribution in [2.24, 2.45) is 5.73 Å². The van der Waals surface area contributed by atoms with Crippen molar-refractivity contribution in [3.05, 3.63) is 99.7 Å². The van der Waals surface area contributed by atoms with Crippen LogP contribution in [0.3, 0.4) is 0 Å². The fourth-order valence-corrected chi connectivity index (χ4v) is 2.51. The summed E-state index contributed by atoms with van der Waals surface area (Å²) in [7, 11) is 0. The molecule has 0 aliphatic rings. The van der Waals surface area contributed by atoms with Crippen LogP contribution in [0.5, 0.6) is 0 Å². The number of carbonyl (C=O) groups excluding carboxylic acids is 1. The Labute approximate surface area is 160 Å². The highest BCUT2D eigenvalue weighted by Crippen LogP contribution is 2.12. The van der Waals surface area contributed by atoms with Crippen LogP contribution in [0, 0.1) is 0 Å². The van der Waals surface area contributed by atoms with Crippen LogP contribution in [0.2, 0.25) is 0 Å². The van der Waals surface area contributed by atoms with E-state index in [4.69, 9.17) is 5.73 Å². The molecule has 5 heteroatoms. The quantitative estimate of drug-likeness (QED) is 0.750. The third-order valence-corrected chi connectivity index (χ3v) is 3.76. The maximum absolute atomic E-state index is 11.7. The van der Waals surface area contributed by atoms with Gasteiger partial charge >= 0.3 is 0 Å². The summed E-state index contributed by atoms with van der Waals surface area (Å²) in [6.07, 6.45) is 5.63. The van der Waals surface area contributed by atoms with Crippen molar-refractivity contribution in [1.82, 2.24) is 9.55 Å². The second-order valence-electron chi connectivity index (χ2n) is 5.61. The summed E-state index contributed by atoms with van der Waals surface area (Å²) >= 11 is 0. The van der Waals surface area contributed by atoms with Crippen LogP contribution in [0.15, 0.2) is 71.9 Å². The lowest BCUT2D eigenvalue weighted by Gasteiger charge is -2.07. The molecule has 5 nitrogen and oxygen atoms in total. The van der Waals surface area contributed by atoms with Crippen molar-refractivity contribution in [3.8, 4) is 0 Å². The molecule has 0 bridgehead atoms. The van der Waals surface area contributed by atoms with Gasteiger partial charge in [0.25, 0.3) is 5.56 Å². The number of benzene rings is 1. The zero-order valence-corrected chi connectivity index (χ0v) is 15.1. The number of amides is 1. The molecule has 0 aliphatic carbocycles. The molecule has 0 atom stereocenters. The van der Waals surface area contributed by atoms with E-state index >= 15 is 0 Å². The molecule has 3 aromatic rings. The first-order chi connectivity index (χ1) is 12.6. The predicted octanol–water partition coefficient (Wildman–Crippen LogP) is 3.64. The van der Waals surface area contributed by atoms with E-state index < -0.39 is 5.91 Å². The SMILES string of the molecule is C.CC.NC(=O)c1cncc(Cc2ccc(Cn3ccccc3=O)cc2)c1. The van der Waals surface area contributed by atoms with E-state index in [2.05, 4.69) is 4.98 Å². The van der Waals surface area contributed by atoms with Gasteiger partial charge in [-0.1, -0.05) is 51.6 Å². The summed E-state index contributed by atoms with van der Waals surface area (Å²) in [5.41, 5.74) is 8.75.